The van der Waals surface area contributed by atoms with E-state index in [-0.39, 0.29) is 24.2 Å². The summed E-state index contributed by atoms with van der Waals surface area (Å²) < 4.78 is 11.7. The molecule has 1 amide bonds. The molecule has 5 heteroatoms. The van der Waals surface area contributed by atoms with Gasteiger partial charge < -0.3 is 14.4 Å². The Balaban J connectivity index is 1.80. The van der Waals surface area contributed by atoms with E-state index in [4.69, 9.17) is 9.47 Å². The van der Waals surface area contributed by atoms with Crippen LogP contribution in [0.3, 0.4) is 0 Å². The molecule has 1 aliphatic heterocycles. The first-order valence-electron chi connectivity index (χ1n) is 6.98. The molecule has 1 aliphatic carbocycles. The highest BCUT2D eigenvalue weighted by molar-refractivity contribution is 7.08. The molecule has 2 heterocycles. The first-order chi connectivity index (χ1) is 9.81. The molecule has 3 atom stereocenters. The van der Waals surface area contributed by atoms with Crippen LogP contribution >= 0.6 is 11.3 Å². The molecule has 2 bridgehead atoms. The van der Waals surface area contributed by atoms with E-state index in [0.717, 1.165) is 18.4 Å². The smallest absolute Gasteiger partial charge is 0.255 e. The van der Waals surface area contributed by atoms with Gasteiger partial charge in [0, 0.05) is 11.9 Å². The van der Waals surface area contributed by atoms with Crippen LogP contribution in [0.2, 0.25) is 0 Å². The lowest BCUT2D eigenvalue weighted by atomic mass is 10.1. The molecule has 0 unspecified atom stereocenters. The number of nitrogens with zero attached hydrogens (tertiary/aromatic N) is 1. The molecule has 2 fully saturated rings. The largest absolute Gasteiger partial charge is 0.374 e. The van der Waals surface area contributed by atoms with Crippen LogP contribution in [0.25, 0.3) is 0 Å². The van der Waals surface area contributed by atoms with Gasteiger partial charge in [-0.25, -0.2) is 0 Å². The molecule has 0 spiro atoms. The fraction of sp³-hybridized carbons (Fsp3) is 0.533. The molecule has 4 nitrogen and oxygen atoms in total. The van der Waals surface area contributed by atoms with Crippen LogP contribution in [0.1, 0.15) is 23.2 Å². The summed E-state index contributed by atoms with van der Waals surface area (Å²) in [6, 6.07) is 2.00. The van der Waals surface area contributed by atoms with Gasteiger partial charge in [0.15, 0.2) is 0 Å². The number of fused-ring (bicyclic) bond motifs is 2. The number of ether oxygens (including phenoxy) is 2. The van der Waals surface area contributed by atoms with Crippen molar-refractivity contribution in [2.24, 2.45) is 0 Å². The number of rotatable bonds is 4. The molecule has 1 saturated carbocycles. The van der Waals surface area contributed by atoms with Crippen molar-refractivity contribution in [2.75, 3.05) is 19.8 Å². The second-order valence-corrected chi connectivity index (χ2v) is 5.93. The summed E-state index contributed by atoms with van der Waals surface area (Å²) in [5.41, 5.74) is 0.767. The average molecular weight is 293 g/mol. The monoisotopic (exact) mass is 293 g/mol. The predicted molar refractivity (Wildman–Crippen MR) is 78.1 cm³/mol. The lowest BCUT2D eigenvalue weighted by molar-refractivity contribution is -0.0434. The minimum atomic E-state index is -0.0296. The van der Waals surface area contributed by atoms with Crippen LogP contribution < -0.4 is 0 Å². The van der Waals surface area contributed by atoms with Gasteiger partial charge in [-0.05, 0) is 24.3 Å². The van der Waals surface area contributed by atoms with E-state index < -0.39 is 0 Å². The molecule has 0 aromatic carbocycles. The highest BCUT2D eigenvalue weighted by atomic mass is 32.1. The molecular formula is C15H19NO3S. The summed E-state index contributed by atoms with van der Waals surface area (Å²) in [7, 11) is 0. The summed E-state index contributed by atoms with van der Waals surface area (Å²) in [5, 5.41) is 3.84. The summed E-state index contributed by atoms with van der Waals surface area (Å²) in [4.78, 5) is 14.6. The Hall–Kier alpha value is -1.17. The molecule has 1 aromatic rings. The lowest BCUT2D eigenvalue weighted by Gasteiger charge is -2.31. The molecule has 20 heavy (non-hydrogen) atoms. The third-order valence-corrected chi connectivity index (χ3v) is 4.68. The maximum atomic E-state index is 12.6. The van der Waals surface area contributed by atoms with Gasteiger partial charge in [-0.2, -0.15) is 11.3 Å². The van der Waals surface area contributed by atoms with Gasteiger partial charge in [-0.1, -0.05) is 6.08 Å². The zero-order chi connectivity index (χ0) is 13.9. The van der Waals surface area contributed by atoms with Crippen LogP contribution in [-0.4, -0.2) is 48.8 Å². The average Bonchev–Trinajstić information content (AvgIpc) is 3.04. The molecule has 108 valence electrons. The SMILES string of the molecule is C=CCO[C@@H]1[C@H]2CC[C@H]1OCCN2C(=O)c1ccsc1. The Kier molecular flexibility index (Phi) is 4.19. The number of hydrogen-bond donors (Lipinski definition) is 0. The molecule has 3 rings (SSSR count). The quantitative estimate of drug-likeness (QED) is 0.800. The topological polar surface area (TPSA) is 38.8 Å². The summed E-state index contributed by atoms with van der Waals surface area (Å²) >= 11 is 1.55. The highest BCUT2D eigenvalue weighted by Crippen LogP contribution is 2.33. The Morgan fingerprint density at radius 1 is 1.60 bits per heavy atom. The van der Waals surface area contributed by atoms with E-state index in [2.05, 4.69) is 6.58 Å². The standard InChI is InChI=1S/C15H19NO3S/c1-2-7-19-14-12-3-4-13(14)18-8-6-16(12)15(17)11-5-9-20-10-11/h2,5,9-10,12-14H,1,3-4,6-8H2/t12-,13-,14-/m1/s1. The fourth-order valence-electron chi connectivity index (χ4n) is 3.09. The molecule has 0 radical (unpaired) electrons. The summed E-state index contributed by atoms with van der Waals surface area (Å²) in [5.74, 6) is 0.0922. The second kappa shape index (κ2) is 6.08. The van der Waals surface area contributed by atoms with E-state index in [0.29, 0.717) is 19.8 Å². The first kappa shape index (κ1) is 13.8. The van der Waals surface area contributed by atoms with Gasteiger partial charge >= 0.3 is 0 Å². The maximum Gasteiger partial charge on any atom is 0.255 e. The van der Waals surface area contributed by atoms with Crippen molar-refractivity contribution in [3.8, 4) is 0 Å². The number of amides is 1. The molecule has 1 aromatic heterocycles. The van der Waals surface area contributed by atoms with Crippen molar-refractivity contribution in [3.63, 3.8) is 0 Å². The van der Waals surface area contributed by atoms with E-state index in [9.17, 15) is 4.79 Å². The van der Waals surface area contributed by atoms with E-state index in [1.807, 2.05) is 21.7 Å². The van der Waals surface area contributed by atoms with Crippen molar-refractivity contribution < 1.29 is 14.3 Å². The Bertz CT molecular complexity index is 473. The Morgan fingerprint density at radius 3 is 3.25 bits per heavy atom. The first-order valence-corrected chi connectivity index (χ1v) is 7.93. The van der Waals surface area contributed by atoms with Crippen molar-refractivity contribution in [3.05, 3.63) is 35.0 Å². The highest BCUT2D eigenvalue weighted by Gasteiger charge is 2.44. The molecule has 0 N–H and O–H groups in total. The van der Waals surface area contributed by atoms with Crippen molar-refractivity contribution in [2.45, 2.75) is 31.1 Å². The van der Waals surface area contributed by atoms with Crippen molar-refractivity contribution in [1.29, 1.82) is 0 Å². The number of thiophene rings is 1. The lowest BCUT2D eigenvalue weighted by Crippen LogP contribution is -2.46. The van der Waals surface area contributed by atoms with E-state index >= 15 is 0 Å². The molecular weight excluding hydrogens is 274 g/mol. The van der Waals surface area contributed by atoms with Gasteiger partial charge in [0.25, 0.3) is 5.91 Å². The van der Waals surface area contributed by atoms with Crippen LogP contribution in [0.15, 0.2) is 29.5 Å². The van der Waals surface area contributed by atoms with Crippen LogP contribution in [0, 0.1) is 0 Å². The van der Waals surface area contributed by atoms with Crippen molar-refractivity contribution in [1.82, 2.24) is 4.90 Å². The maximum absolute atomic E-state index is 12.6. The van der Waals surface area contributed by atoms with Gasteiger partial charge in [0.2, 0.25) is 0 Å². The minimum absolute atomic E-state index is 0.0296. The van der Waals surface area contributed by atoms with Crippen LogP contribution in [0.4, 0.5) is 0 Å². The number of carbonyl (C=O) groups excluding carboxylic acids is 1. The molecule has 1 saturated heterocycles. The van der Waals surface area contributed by atoms with Gasteiger partial charge in [-0.15, -0.1) is 6.58 Å². The summed E-state index contributed by atoms with van der Waals surface area (Å²) in [6.07, 6.45) is 3.73. The third-order valence-electron chi connectivity index (χ3n) is 3.99. The van der Waals surface area contributed by atoms with Gasteiger partial charge in [0.05, 0.1) is 30.9 Å². The Morgan fingerprint density at radius 2 is 2.50 bits per heavy atom. The number of hydrogen-bond acceptors (Lipinski definition) is 4. The number of carbonyl (C=O) groups is 1. The second-order valence-electron chi connectivity index (χ2n) is 5.15. The Labute approximate surface area is 123 Å². The van der Waals surface area contributed by atoms with Crippen LogP contribution in [0.5, 0.6) is 0 Å². The minimum Gasteiger partial charge on any atom is -0.374 e. The summed E-state index contributed by atoms with van der Waals surface area (Å²) in [6.45, 7) is 5.42. The van der Waals surface area contributed by atoms with E-state index in [1.54, 1.807) is 17.4 Å². The predicted octanol–water partition coefficient (Wildman–Crippen LogP) is 2.32. The fourth-order valence-corrected chi connectivity index (χ4v) is 3.72. The van der Waals surface area contributed by atoms with Crippen molar-refractivity contribution >= 4 is 17.2 Å². The van der Waals surface area contributed by atoms with E-state index in [1.165, 1.54) is 0 Å². The zero-order valence-electron chi connectivity index (χ0n) is 11.4. The van der Waals surface area contributed by atoms with Gasteiger partial charge in [0.1, 0.15) is 6.10 Å². The van der Waals surface area contributed by atoms with Crippen LogP contribution in [-0.2, 0) is 9.47 Å². The third kappa shape index (κ3) is 2.53. The molecule has 2 aliphatic rings. The zero-order valence-corrected chi connectivity index (χ0v) is 12.2. The van der Waals surface area contributed by atoms with Gasteiger partial charge in [-0.3, -0.25) is 4.79 Å². The normalized spacial score (nSPS) is 29.2.